The number of nitrogens with two attached hydrogens (primary N) is 1. The van der Waals surface area contributed by atoms with Crippen LogP contribution in [0.2, 0.25) is 0 Å². The third kappa shape index (κ3) is 3.59. The third-order valence-electron chi connectivity index (χ3n) is 3.42. The van der Waals surface area contributed by atoms with Crippen LogP contribution in [0, 0.1) is 5.92 Å². The lowest BCUT2D eigenvalue weighted by Crippen LogP contribution is -2.55. The summed E-state index contributed by atoms with van der Waals surface area (Å²) in [6.45, 7) is 4.30. The van der Waals surface area contributed by atoms with E-state index in [-0.39, 0.29) is 17.9 Å². The maximum Gasteiger partial charge on any atom is 0.238 e. The molecule has 0 saturated carbocycles. The summed E-state index contributed by atoms with van der Waals surface area (Å²) in [6.07, 6.45) is 1.25. The van der Waals surface area contributed by atoms with Gasteiger partial charge in [-0.25, -0.2) is 14.3 Å². The van der Waals surface area contributed by atoms with Crippen molar-refractivity contribution in [2.45, 2.75) is 25.3 Å². The molecule has 1 heterocycles. The van der Waals surface area contributed by atoms with Crippen LogP contribution in [-0.4, -0.2) is 54.9 Å². The molecular formula is C10H21N3O3S2. The van der Waals surface area contributed by atoms with E-state index in [1.807, 2.05) is 11.8 Å². The molecule has 0 aliphatic carbocycles. The number of sulfone groups is 1. The first kappa shape index (κ1) is 15.7. The van der Waals surface area contributed by atoms with Crippen LogP contribution in [0.1, 0.15) is 13.8 Å². The molecule has 1 rings (SSSR count). The van der Waals surface area contributed by atoms with Crippen LogP contribution in [0.5, 0.6) is 0 Å². The normalized spacial score (nSPS) is 25.4. The number of carbonyl (C=O) groups excluding carboxylic acids is 1. The van der Waals surface area contributed by atoms with Crippen molar-refractivity contribution in [2.24, 2.45) is 11.8 Å². The van der Waals surface area contributed by atoms with Gasteiger partial charge in [-0.1, -0.05) is 6.92 Å². The van der Waals surface area contributed by atoms with Crippen molar-refractivity contribution in [3.8, 4) is 0 Å². The van der Waals surface area contributed by atoms with Crippen molar-refractivity contribution in [3.63, 3.8) is 0 Å². The zero-order chi connectivity index (χ0) is 13.9. The molecule has 8 heteroatoms. The Kier molecular flexibility index (Phi) is 5.45. The molecule has 106 valence electrons. The van der Waals surface area contributed by atoms with Gasteiger partial charge in [0.25, 0.3) is 0 Å². The van der Waals surface area contributed by atoms with Crippen molar-refractivity contribution < 1.29 is 13.2 Å². The lowest BCUT2D eigenvalue weighted by molar-refractivity contribution is -0.126. The minimum absolute atomic E-state index is 0.158. The predicted octanol–water partition coefficient (Wildman–Crippen LogP) is -0.580. The average molecular weight is 295 g/mol. The summed E-state index contributed by atoms with van der Waals surface area (Å²) in [4.78, 5) is 13.4. The number of carbonyl (C=O) groups is 1. The smallest absolute Gasteiger partial charge is 0.238 e. The highest BCUT2D eigenvalue weighted by atomic mass is 32.2. The number of hydrogen-bond acceptors (Lipinski definition) is 6. The zero-order valence-electron chi connectivity index (χ0n) is 10.9. The minimum Gasteiger partial charge on any atom is -0.294 e. The molecule has 3 N–H and O–H groups in total. The monoisotopic (exact) mass is 295 g/mol. The molecule has 1 aliphatic heterocycles. The highest BCUT2D eigenvalue weighted by molar-refractivity contribution is 8.00. The van der Waals surface area contributed by atoms with Crippen molar-refractivity contribution in [2.75, 3.05) is 24.3 Å². The molecule has 0 spiro atoms. The van der Waals surface area contributed by atoms with Gasteiger partial charge in [-0.2, -0.15) is 11.8 Å². The fourth-order valence-corrected chi connectivity index (χ4v) is 5.03. The highest BCUT2D eigenvalue weighted by Gasteiger charge is 2.37. The Morgan fingerprint density at radius 3 is 2.61 bits per heavy atom. The van der Waals surface area contributed by atoms with Crippen LogP contribution in [-0.2, 0) is 14.6 Å². The van der Waals surface area contributed by atoms with E-state index in [1.54, 1.807) is 18.7 Å². The number of nitrogens with one attached hydrogen (secondary N) is 1. The summed E-state index contributed by atoms with van der Waals surface area (Å²) in [7, 11) is -3.14. The molecule has 18 heavy (non-hydrogen) atoms. The lowest BCUT2D eigenvalue weighted by Gasteiger charge is -2.40. The number of amides is 1. The molecule has 0 bridgehead atoms. The van der Waals surface area contributed by atoms with E-state index in [2.05, 4.69) is 5.43 Å². The van der Waals surface area contributed by atoms with E-state index >= 15 is 0 Å². The molecule has 6 nitrogen and oxygen atoms in total. The molecule has 0 aromatic heterocycles. The van der Waals surface area contributed by atoms with Crippen molar-refractivity contribution in [1.82, 2.24) is 10.3 Å². The Hall–Kier alpha value is -0.310. The average Bonchev–Trinajstić information content (AvgIpc) is 2.35. The number of nitrogens with zero attached hydrogens (tertiary/aromatic N) is 1. The first-order valence-corrected chi connectivity index (χ1v) is 8.92. The molecule has 1 saturated heterocycles. The largest absolute Gasteiger partial charge is 0.294 e. The van der Waals surface area contributed by atoms with E-state index in [9.17, 15) is 13.2 Å². The van der Waals surface area contributed by atoms with E-state index < -0.39 is 15.2 Å². The van der Waals surface area contributed by atoms with E-state index in [4.69, 9.17) is 5.84 Å². The van der Waals surface area contributed by atoms with Crippen LogP contribution in [0.15, 0.2) is 0 Å². The Balaban J connectivity index is 2.87. The summed E-state index contributed by atoms with van der Waals surface area (Å²) >= 11 is 1.63. The zero-order valence-corrected chi connectivity index (χ0v) is 12.6. The molecule has 1 amide bonds. The minimum atomic E-state index is -3.14. The van der Waals surface area contributed by atoms with Gasteiger partial charge in [-0.05, 0) is 6.92 Å². The Morgan fingerprint density at radius 1 is 1.50 bits per heavy atom. The fraction of sp³-hybridized carbons (Fsp3) is 0.900. The number of hydrazine groups is 1. The van der Waals surface area contributed by atoms with E-state index in [0.29, 0.717) is 12.3 Å². The SMILES string of the molecule is CC(C(=O)NN)C(C)N1CCSCC1S(C)(=O)=O. The fourth-order valence-electron chi connectivity index (χ4n) is 2.07. The van der Waals surface area contributed by atoms with Gasteiger partial charge in [0.1, 0.15) is 5.37 Å². The molecule has 3 atom stereocenters. The second-order valence-corrected chi connectivity index (χ2v) is 7.99. The van der Waals surface area contributed by atoms with Gasteiger partial charge in [0, 0.05) is 30.3 Å². The van der Waals surface area contributed by atoms with Crippen LogP contribution in [0.25, 0.3) is 0 Å². The standard InChI is InChI=1S/C10H21N3O3S2/c1-7(10(14)12-11)8(2)13-4-5-17-6-9(13)18(3,15)16/h7-9H,4-6,11H2,1-3H3,(H,12,14). The van der Waals surface area contributed by atoms with Crippen LogP contribution in [0.3, 0.4) is 0 Å². The van der Waals surface area contributed by atoms with Gasteiger partial charge in [-0.15, -0.1) is 0 Å². The lowest BCUT2D eigenvalue weighted by atomic mass is 10.0. The van der Waals surface area contributed by atoms with Crippen LogP contribution in [0.4, 0.5) is 0 Å². The molecule has 3 unspecified atom stereocenters. The summed E-state index contributed by atoms with van der Waals surface area (Å²) in [6, 6.07) is -0.158. The maximum atomic E-state index is 11.8. The Morgan fingerprint density at radius 2 is 2.11 bits per heavy atom. The van der Waals surface area contributed by atoms with Gasteiger partial charge < -0.3 is 0 Å². The topological polar surface area (TPSA) is 92.5 Å². The van der Waals surface area contributed by atoms with Crippen LogP contribution >= 0.6 is 11.8 Å². The molecule has 1 fully saturated rings. The van der Waals surface area contributed by atoms with Gasteiger partial charge in [0.2, 0.25) is 5.91 Å². The number of rotatable bonds is 4. The molecule has 0 aromatic carbocycles. The molecule has 0 aromatic rings. The summed E-state index contributed by atoms with van der Waals surface area (Å²) in [5, 5.41) is -0.515. The second-order valence-electron chi connectivity index (χ2n) is 4.63. The number of thioether (sulfide) groups is 1. The highest BCUT2D eigenvalue weighted by Crippen LogP contribution is 2.25. The quantitative estimate of drug-likeness (QED) is 0.409. The molecule has 1 aliphatic rings. The van der Waals surface area contributed by atoms with Gasteiger partial charge >= 0.3 is 0 Å². The van der Waals surface area contributed by atoms with Crippen LogP contribution < -0.4 is 11.3 Å². The number of hydrogen-bond donors (Lipinski definition) is 2. The first-order valence-electron chi connectivity index (χ1n) is 5.82. The summed E-state index contributed by atoms with van der Waals surface area (Å²) in [5.74, 6) is 5.94. The predicted molar refractivity (Wildman–Crippen MR) is 73.6 cm³/mol. The molecule has 0 radical (unpaired) electrons. The van der Waals surface area contributed by atoms with E-state index in [0.717, 1.165) is 5.75 Å². The van der Waals surface area contributed by atoms with E-state index in [1.165, 1.54) is 6.26 Å². The van der Waals surface area contributed by atoms with Gasteiger partial charge in [0.05, 0.1) is 5.92 Å². The Bertz CT molecular complexity index is 399. The summed E-state index contributed by atoms with van der Waals surface area (Å²) < 4.78 is 23.6. The molecular weight excluding hydrogens is 274 g/mol. The second kappa shape index (κ2) is 6.23. The maximum absolute atomic E-state index is 11.8. The third-order valence-corrected chi connectivity index (χ3v) is 6.08. The van der Waals surface area contributed by atoms with Crippen molar-refractivity contribution in [1.29, 1.82) is 0 Å². The van der Waals surface area contributed by atoms with Crippen molar-refractivity contribution >= 4 is 27.5 Å². The van der Waals surface area contributed by atoms with Gasteiger partial charge in [0.15, 0.2) is 9.84 Å². The van der Waals surface area contributed by atoms with Crippen molar-refractivity contribution in [3.05, 3.63) is 0 Å². The Labute approximate surface area is 113 Å². The summed E-state index contributed by atoms with van der Waals surface area (Å²) in [5.41, 5.74) is 2.12. The van der Waals surface area contributed by atoms with Gasteiger partial charge in [-0.3, -0.25) is 15.1 Å². The first-order chi connectivity index (χ1) is 8.29.